The molecule has 0 aliphatic carbocycles. The lowest BCUT2D eigenvalue weighted by atomic mass is 10.2. The van der Waals surface area contributed by atoms with Crippen LogP contribution in [0.4, 0.5) is 5.69 Å². The highest BCUT2D eigenvalue weighted by Crippen LogP contribution is 2.11. The van der Waals surface area contributed by atoms with Gasteiger partial charge in [0.2, 0.25) is 0 Å². The second-order valence-electron chi connectivity index (χ2n) is 4.69. The molecule has 0 saturated carbocycles. The normalized spacial score (nSPS) is 11.1. The zero-order valence-corrected chi connectivity index (χ0v) is 11.2. The number of imidazole rings is 1. The van der Waals surface area contributed by atoms with Gasteiger partial charge < -0.3 is 10.3 Å². The Morgan fingerprint density at radius 2 is 2.00 bits per heavy atom. The summed E-state index contributed by atoms with van der Waals surface area (Å²) in [5, 5.41) is 0.551. The van der Waals surface area contributed by atoms with E-state index in [0.29, 0.717) is 29.7 Å². The van der Waals surface area contributed by atoms with Crippen LogP contribution in [0.1, 0.15) is 5.82 Å². The Kier molecular flexibility index (Phi) is 2.98. The summed E-state index contributed by atoms with van der Waals surface area (Å²) in [5.74, 6) is 0.927. The number of aryl methyl sites for hydroxylation is 3. The lowest BCUT2D eigenvalue weighted by Crippen LogP contribution is -2.23. The summed E-state index contributed by atoms with van der Waals surface area (Å²) in [5.41, 5.74) is 6.89. The Morgan fingerprint density at radius 1 is 1.20 bits per heavy atom. The Labute approximate surface area is 115 Å². The molecule has 3 aromatic rings. The molecule has 0 saturated heterocycles. The van der Waals surface area contributed by atoms with Gasteiger partial charge in [0.05, 0.1) is 17.2 Å². The Morgan fingerprint density at radius 3 is 2.75 bits per heavy atom. The smallest absolute Gasteiger partial charge is 0.261 e. The van der Waals surface area contributed by atoms with Gasteiger partial charge in [-0.15, -0.1) is 0 Å². The number of nitrogens with zero attached hydrogens (tertiary/aromatic N) is 4. The molecular weight excluding hydrogens is 254 g/mol. The maximum atomic E-state index is 12.4. The molecule has 2 heterocycles. The van der Waals surface area contributed by atoms with Crippen LogP contribution in [0.3, 0.4) is 0 Å². The van der Waals surface area contributed by atoms with Gasteiger partial charge in [-0.25, -0.2) is 9.97 Å². The van der Waals surface area contributed by atoms with Crippen molar-refractivity contribution in [2.24, 2.45) is 0 Å². The number of anilines is 1. The molecule has 6 nitrogen and oxygen atoms in total. The number of aromatic nitrogens is 4. The summed E-state index contributed by atoms with van der Waals surface area (Å²) >= 11 is 0. The minimum absolute atomic E-state index is 0.0694. The van der Waals surface area contributed by atoms with E-state index in [2.05, 4.69) is 9.97 Å². The quantitative estimate of drug-likeness (QED) is 0.724. The molecule has 0 radical (unpaired) electrons. The molecule has 0 unspecified atom stereocenters. The van der Waals surface area contributed by atoms with Crippen LogP contribution in [0.25, 0.3) is 10.9 Å². The van der Waals surface area contributed by atoms with Crippen molar-refractivity contribution >= 4 is 16.6 Å². The molecule has 0 bridgehead atoms. The van der Waals surface area contributed by atoms with E-state index >= 15 is 0 Å². The summed E-state index contributed by atoms with van der Waals surface area (Å²) in [7, 11) is 0. The van der Waals surface area contributed by atoms with Crippen LogP contribution in [0.2, 0.25) is 0 Å². The van der Waals surface area contributed by atoms with E-state index in [-0.39, 0.29) is 5.56 Å². The van der Waals surface area contributed by atoms with Crippen LogP contribution in [0, 0.1) is 6.92 Å². The van der Waals surface area contributed by atoms with Gasteiger partial charge in [-0.05, 0) is 25.1 Å². The van der Waals surface area contributed by atoms with Crippen molar-refractivity contribution in [3.63, 3.8) is 0 Å². The molecule has 1 aromatic carbocycles. The zero-order valence-electron chi connectivity index (χ0n) is 11.2. The maximum Gasteiger partial charge on any atom is 0.261 e. The SMILES string of the molecule is Cc1nccn1CCn1cnc2ccc(N)cc2c1=O. The zero-order chi connectivity index (χ0) is 14.1. The molecule has 0 spiro atoms. The number of rotatable bonds is 3. The van der Waals surface area contributed by atoms with Gasteiger partial charge in [-0.1, -0.05) is 0 Å². The summed E-state index contributed by atoms with van der Waals surface area (Å²) < 4.78 is 3.59. The van der Waals surface area contributed by atoms with Crippen molar-refractivity contribution in [2.75, 3.05) is 5.73 Å². The number of hydrogen-bond acceptors (Lipinski definition) is 4. The Hall–Kier alpha value is -2.63. The van der Waals surface area contributed by atoms with Crippen molar-refractivity contribution in [3.8, 4) is 0 Å². The average molecular weight is 269 g/mol. The van der Waals surface area contributed by atoms with Crippen molar-refractivity contribution in [3.05, 3.63) is 53.1 Å². The minimum Gasteiger partial charge on any atom is -0.399 e. The number of fused-ring (bicyclic) bond motifs is 1. The molecule has 6 heteroatoms. The molecule has 0 atom stereocenters. The van der Waals surface area contributed by atoms with Gasteiger partial charge in [0.25, 0.3) is 5.56 Å². The Bertz CT molecular complexity index is 818. The second kappa shape index (κ2) is 4.80. The van der Waals surface area contributed by atoms with E-state index in [1.54, 1.807) is 35.3 Å². The van der Waals surface area contributed by atoms with E-state index < -0.39 is 0 Å². The van der Waals surface area contributed by atoms with Gasteiger partial charge in [-0.3, -0.25) is 9.36 Å². The fourth-order valence-electron chi connectivity index (χ4n) is 2.19. The third-order valence-electron chi connectivity index (χ3n) is 3.35. The van der Waals surface area contributed by atoms with Gasteiger partial charge in [0, 0.05) is 31.2 Å². The first-order valence-electron chi connectivity index (χ1n) is 6.37. The van der Waals surface area contributed by atoms with Crippen LogP contribution in [-0.4, -0.2) is 19.1 Å². The molecular formula is C14H15N5O. The molecule has 3 rings (SSSR count). The minimum atomic E-state index is -0.0694. The number of nitrogen functional groups attached to an aromatic ring is 1. The monoisotopic (exact) mass is 269 g/mol. The molecule has 0 fully saturated rings. The molecule has 0 aliphatic heterocycles. The second-order valence-corrected chi connectivity index (χ2v) is 4.69. The van der Waals surface area contributed by atoms with Gasteiger partial charge in [-0.2, -0.15) is 0 Å². The van der Waals surface area contributed by atoms with Crippen LogP contribution in [0.5, 0.6) is 0 Å². The van der Waals surface area contributed by atoms with Gasteiger partial charge in [0.1, 0.15) is 5.82 Å². The van der Waals surface area contributed by atoms with Crippen LogP contribution >= 0.6 is 0 Å². The fourth-order valence-corrected chi connectivity index (χ4v) is 2.19. The molecule has 102 valence electrons. The van der Waals surface area contributed by atoms with Crippen LogP contribution < -0.4 is 11.3 Å². The topological polar surface area (TPSA) is 78.7 Å². The van der Waals surface area contributed by atoms with Crippen LogP contribution in [0.15, 0.2) is 41.7 Å². The predicted octanol–water partition coefficient (Wildman–Crippen LogP) is 1.18. The summed E-state index contributed by atoms with van der Waals surface area (Å²) in [6.45, 7) is 3.16. The highest BCUT2D eigenvalue weighted by atomic mass is 16.1. The van der Waals surface area contributed by atoms with Crippen molar-refractivity contribution < 1.29 is 0 Å². The highest BCUT2D eigenvalue weighted by Gasteiger charge is 2.05. The van der Waals surface area contributed by atoms with Crippen molar-refractivity contribution in [1.29, 1.82) is 0 Å². The number of nitrogens with two attached hydrogens (primary N) is 1. The maximum absolute atomic E-state index is 12.4. The largest absolute Gasteiger partial charge is 0.399 e. The fraction of sp³-hybridized carbons (Fsp3) is 0.214. The van der Waals surface area contributed by atoms with E-state index in [0.717, 1.165) is 5.82 Å². The van der Waals surface area contributed by atoms with Crippen molar-refractivity contribution in [1.82, 2.24) is 19.1 Å². The first-order valence-corrected chi connectivity index (χ1v) is 6.37. The van der Waals surface area contributed by atoms with E-state index in [9.17, 15) is 4.79 Å². The molecule has 20 heavy (non-hydrogen) atoms. The lowest BCUT2D eigenvalue weighted by molar-refractivity contribution is 0.552. The first-order chi connectivity index (χ1) is 9.65. The molecule has 2 N–H and O–H groups in total. The van der Waals surface area contributed by atoms with Gasteiger partial charge >= 0.3 is 0 Å². The van der Waals surface area contributed by atoms with E-state index in [1.165, 1.54) is 0 Å². The highest BCUT2D eigenvalue weighted by molar-refractivity contribution is 5.80. The lowest BCUT2D eigenvalue weighted by Gasteiger charge is -2.08. The summed E-state index contributed by atoms with van der Waals surface area (Å²) in [6.07, 6.45) is 5.22. The van der Waals surface area contributed by atoms with Crippen LogP contribution in [-0.2, 0) is 13.1 Å². The predicted molar refractivity (Wildman–Crippen MR) is 77.4 cm³/mol. The summed E-state index contributed by atoms with van der Waals surface area (Å²) in [6, 6.07) is 5.17. The first kappa shape index (κ1) is 12.4. The van der Waals surface area contributed by atoms with E-state index in [4.69, 9.17) is 5.73 Å². The van der Waals surface area contributed by atoms with E-state index in [1.807, 2.05) is 17.7 Å². The van der Waals surface area contributed by atoms with Gasteiger partial charge in [0.15, 0.2) is 0 Å². The molecule has 0 amide bonds. The molecule has 0 aliphatic rings. The number of hydrogen-bond donors (Lipinski definition) is 1. The summed E-state index contributed by atoms with van der Waals surface area (Å²) in [4.78, 5) is 20.8. The Balaban J connectivity index is 1.94. The third-order valence-corrected chi connectivity index (χ3v) is 3.35. The molecule has 2 aromatic heterocycles. The van der Waals surface area contributed by atoms with Crippen molar-refractivity contribution in [2.45, 2.75) is 20.0 Å². The average Bonchev–Trinajstić information content (AvgIpc) is 2.84. The standard InChI is InChI=1S/C14H15N5O/c1-10-16-4-5-18(10)6-7-19-9-17-13-3-2-11(15)8-12(13)14(19)20/h2-5,8-9H,6-7,15H2,1H3. The number of benzene rings is 1. The third kappa shape index (κ3) is 2.16.